The minimum atomic E-state index is -0.967. The molecule has 0 saturated carbocycles. The Morgan fingerprint density at radius 1 is 1.37 bits per heavy atom. The highest BCUT2D eigenvalue weighted by atomic mass is 35.5. The summed E-state index contributed by atoms with van der Waals surface area (Å²) in [6.07, 6.45) is -0.201. The van der Waals surface area contributed by atoms with Crippen LogP contribution in [0.2, 0.25) is 10.0 Å². The second kappa shape index (κ2) is 6.75. The van der Waals surface area contributed by atoms with Crippen molar-refractivity contribution >= 4 is 35.0 Å². The molecule has 0 saturated heterocycles. The number of carbonyl (C=O) groups excluding carboxylic acids is 2. The molecule has 2 amide bonds. The van der Waals surface area contributed by atoms with Crippen LogP contribution in [0.5, 0.6) is 0 Å². The van der Waals surface area contributed by atoms with Crippen LogP contribution in [0.1, 0.15) is 24.9 Å². The maximum atomic E-state index is 11.7. The monoisotopic (exact) mass is 303 g/mol. The first-order valence-corrected chi connectivity index (χ1v) is 6.36. The first kappa shape index (κ1) is 15.8. The molecule has 0 spiro atoms. The summed E-state index contributed by atoms with van der Waals surface area (Å²) in [6.45, 7) is 1.75. The van der Waals surface area contributed by atoms with Crippen LogP contribution >= 0.6 is 23.2 Å². The van der Waals surface area contributed by atoms with Gasteiger partial charge < -0.3 is 16.8 Å². The van der Waals surface area contributed by atoms with Crippen molar-refractivity contribution in [3.05, 3.63) is 33.8 Å². The average Bonchev–Trinajstić information content (AvgIpc) is 2.27. The fourth-order valence-electron chi connectivity index (χ4n) is 1.56. The smallest absolute Gasteiger partial charge is 0.237 e. The van der Waals surface area contributed by atoms with Gasteiger partial charge in [-0.25, -0.2) is 0 Å². The van der Waals surface area contributed by atoms with Gasteiger partial charge >= 0.3 is 0 Å². The highest BCUT2D eigenvalue weighted by Gasteiger charge is 2.19. The molecule has 0 aliphatic heterocycles. The molecule has 19 heavy (non-hydrogen) atoms. The molecule has 7 heteroatoms. The van der Waals surface area contributed by atoms with Crippen molar-refractivity contribution in [3.8, 4) is 0 Å². The summed E-state index contributed by atoms with van der Waals surface area (Å²) in [5.74, 6) is -1.09. The lowest BCUT2D eigenvalue weighted by molar-refractivity contribution is -0.126. The number of rotatable bonds is 5. The van der Waals surface area contributed by atoms with E-state index >= 15 is 0 Å². The van der Waals surface area contributed by atoms with Crippen molar-refractivity contribution in [1.29, 1.82) is 0 Å². The minimum absolute atomic E-state index is 0.201. The maximum absolute atomic E-state index is 11.7. The van der Waals surface area contributed by atoms with Gasteiger partial charge in [0.2, 0.25) is 11.8 Å². The lowest BCUT2D eigenvalue weighted by Crippen LogP contribution is -2.43. The number of nitrogens with two attached hydrogens (primary N) is 2. The number of hydrogen-bond acceptors (Lipinski definition) is 3. The lowest BCUT2D eigenvalue weighted by Gasteiger charge is -2.18. The third kappa shape index (κ3) is 4.70. The molecule has 0 aromatic heterocycles. The molecule has 1 rings (SSSR count). The first-order valence-electron chi connectivity index (χ1n) is 5.60. The predicted molar refractivity (Wildman–Crippen MR) is 74.8 cm³/mol. The summed E-state index contributed by atoms with van der Waals surface area (Å²) in [6, 6.07) is 3.66. The molecule has 0 aliphatic carbocycles. The van der Waals surface area contributed by atoms with E-state index in [2.05, 4.69) is 5.32 Å². The second-order valence-corrected chi connectivity index (χ2v) is 5.02. The van der Waals surface area contributed by atoms with Gasteiger partial charge in [0.25, 0.3) is 0 Å². The first-order chi connectivity index (χ1) is 8.81. The maximum Gasteiger partial charge on any atom is 0.237 e. The van der Waals surface area contributed by atoms with Gasteiger partial charge in [0, 0.05) is 10.0 Å². The van der Waals surface area contributed by atoms with Crippen LogP contribution in [0.3, 0.4) is 0 Å². The van der Waals surface area contributed by atoms with Gasteiger partial charge in [0.1, 0.15) is 0 Å². The van der Waals surface area contributed by atoms with Crippen molar-refractivity contribution in [1.82, 2.24) is 5.32 Å². The van der Waals surface area contributed by atoms with E-state index in [4.69, 9.17) is 34.7 Å². The Labute approximate surface area is 121 Å². The van der Waals surface area contributed by atoms with Gasteiger partial charge in [-0.05, 0) is 24.6 Å². The Kier molecular flexibility index (Phi) is 5.60. The van der Waals surface area contributed by atoms with E-state index in [1.54, 1.807) is 25.1 Å². The summed E-state index contributed by atoms with van der Waals surface area (Å²) in [7, 11) is 0. The fourth-order valence-corrected chi connectivity index (χ4v) is 2.13. The molecule has 2 unspecified atom stereocenters. The SMILES string of the molecule is CC(NC(=O)C(N)CC(N)=O)c1ccc(Cl)cc1Cl. The van der Waals surface area contributed by atoms with Gasteiger partial charge in [-0.2, -0.15) is 0 Å². The van der Waals surface area contributed by atoms with E-state index < -0.39 is 17.9 Å². The van der Waals surface area contributed by atoms with Crippen LogP contribution in [0.15, 0.2) is 18.2 Å². The molecule has 104 valence electrons. The van der Waals surface area contributed by atoms with Crippen LogP contribution in [0.4, 0.5) is 0 Å². The number of benzene rings is 1. The normalized spacial score (nSPS) is 13.7. The molecule has 0 aliphatic rings. The molecule has 0 fully saturated rings. The summed E-state index contributed by atoms with van der Waals surface area (Å²) in [5.41, 5.74) is 11.2. The second-order valence-electron chi connectivity index (χ2n) is 4.17. The van der Waals surface area contributed by atoms with Crippen LogP contribution in [-0.4, -0.2) is 17.9 Å². The molecule has 2 atom stereocenters. The Morgan fingerprint density at radius 3 is 2.53 bits per heavy atom. The zero-order valence-corrected chi connectivity index (χ0v) is 11.8. The van der Waals surface area contributed by atoms with Gasteiger partial charge in [0.15, 0.2) is 0 Å². The minimum Gasteiger partial charge on any atom is -0.370 e. The number of halogens is 2. The van der Waals surface area contributed by atoms with Crippen molar-refractivity contribution < 1.29 is 9.59 Å². The van der Waals surface area contributed by atoms with E-state index in [-0.39, 0.29) is 12.5 Å². The third-order valence-electron chi connectivity index (χ3n) is 2.55. The van der Waals surface area contributed by atoms with Crippen LogP contribution in [-0.2, 0) is 9.59 Å². The van der Waals surface area contributed by atoms with Gasteiger partial charge in [-0.3, -0.25) is 9.59 Å². The van der Waals surface area contributed by atoms with E-state index in [1.165, 1.54) is 0 Å². The Balaban J connectivity index is 2.71. The van der Waals surface area contributed by atoms with Crippen molar-refractivity contribution in [3.63, 3.8) is 0 Å². The van der Waals surface area contributed by atoms with Gasteiger partial charge in [-0.1, -0.05) is 29.3 Å². The topological polar surface area (TPSA) is 98.2 Å². The highest BCUT2D eigenvalue weighted by Crippen LogP contribution is 2.26. The Hall–Kier alpha value is -1.30. The van der Waals surface area contributed by atoms with Gasteiger partial charge in [-0.15, -0.1) is 0 Å². The largest absolute Gasteiger partial charge is 0.370 e. The number of amides is 2. The number of carbonyl (C=O) groups is 2. The Bertz CT molecular complexity index is 494. The number of nitrogens with one attached hydrogen (secondary N) is 1. The lowest BCUT2D eigenvalue weighted by atomic mass is 10.1. The van der Waals surface area contributed by atoms with E-state index in [1.807, 2.05) is 0 Å². The molecule has 5 nitrogen and oxygen atoms in total. The van der Waals surface area contributed by atoms with Crippen LogP contribution < -0.4 is 16.8 Å². The number of hydrogen-bond donors (Lipinski definition) is 3. The molecular weight excluding hydrogens is 289 g/mol. The molecule has 1 aromatic rings. The quantitative estimate of drug-likeness (QED) is 0.766. The van der Waals surface area contributed by atoms with E-state index in [0.717, 1.165) is 0 Å². The molecule has 0 radical (unpaired) electrons. The summed E-state index contributed by atoms with van der Waals surface area (Å²) >= 11 is 11.8. The van der Waals surface area contributed by atoms with E-state index in [0.29, 0.717) is 15.6 Å². The fraction of sp³-hybridized carbons (Fsp3) is 0.333. The summed E-state index contributed by atoms with van der Waals surface area (Å²) < 4.78 is 0. The van der Waals surface area contributed by atoms with Crippen molar-refractivity contribution in [2.24, 2.45) is 11.5 Å². The molecule has 0 bridgehead atoms. The average molecular weight is 304 g/mol. The highest BCUT2D eigenvalue weighted by molar-refractivity contribution is 6.35. The van der Waals surface area contributed by atoms with Crippen LogP contribution in [0, 0.1) is 0 Å². The standard InChI is InChI=1S/C12H15Cl2N3O2/c1-6(8-3-2-7(13)4-9(8)14)17-12(19)10(15)5-11(16)18/h2-4,6,10H,5,15H2,1H3,(H2,16,18)(H,17,19). The third-order valence-corrected chi connectivity index (χ3v) is 3.11. The molecule has 1 aromatic carbocycles. The zero-order chi connectivity index (χ0) is 14.6. The Morgan fingerprint density at radius 2 is 2.00 bits per heavy atom. The molecule has 5 N–H and O–H groups in total. The van der Waals surface area contributed by atoms with E-state index in [9.17, 15) is 9.59 Å². The zero-order valence-electron chi connectivity index (χ0n) is 10.3. The number of primary amides is 1. The molecular formula is C12H15Cl2N3O2. The molecule has 0 heterocycles. The summed E-state index contributed by atoms with van der Waals surface area (Å²) in [5, 5.41) is 3.62. The van der Waals surface area contributed by atoms with Gasteiger partial charge in [0.05, 0.1) is 18.5 Å². The van der Waals surface area contributed by atoms with Crippen LogP contribution in [0.25, 0.3) is 0 Å². The van der Waals surface area contributed by atoms with Crippen molar-refractivity contribution in [2.45, 2.75) is 25.4 Å². The van der Waals surface area contributed by atoms with Crippen molar-refractivity contribution in [2.75, 3.05) is 0 Å². The summed E-state index contributed by atoms with van der Waals surface area (Å²) in [4.78, 5) is 22.4. The predicted octanol–water partition coefficient (Wildman–Crippen LogP) is 1.37.